The summed E-state index contributed by atoms with van der Waals surface area (Å²) < 4.78 is 12.3. The number of ether oxygens (including phenoxy) is 2. The van der Waals surface area contributed by atoms with Crippen LogP contribution in [0.2, 0.25) is 0 Å². The molecule has 2 aromatic heterocycles. The maximum Gasteiger partial charge on any atom is 0.231 e. The van der Waals surface area contributed by atoms with E-state index in [2.05, 4.69) is 25.6 Å². The van der Waals surface area contributed by atoms with Crippen LogP contribution in [0.5, 0.6) is 11.5 Å². The van der Waals surface area contributed by atoms with E-state index in [1.807, 2.05) is 49.4 Å². The third kappa shape index (κ3) is 4.02. The number of hydrogen-bond acceptors (Lipinski definition) is 8. The molecule has 0 radical (unpaired) electrons. The van der Waals surface area contributed by atoms with Crippen LogP contribution >= 0.6 is 11.8 Å². The standard InChI is InChI=1S/C21H18N6O3S/c1-13-2-5-15(6-3-13)27-20-19(25-26-27)21(24-11-23-20)31-10-18(28)22-9-14-4-7-16-17(8-14)30-12-29-16/h2-8,11H,9-10,12H2,1H3,(H,22,28). The molecular weight excluding hydrogens is 416 g/mol. The van der Waals surface area contributed by atoms with Gasteiger partial charge in [-0.05, 0) is 36.8 Å². The van der Waals surface area contributed by atoms with Gasteiger partial charge in [0.05, 0.1) is 11.4 Å². The number of aryl methyl sites for hydroxylation is 1. The van der Waals surface area contributed by atoms with Gasteiger partial charge in [0.2, 0.25) is 12.7 Å². The second-order valence-corrected chi connectivity index (χ2v) is 7.90. The van der Waals surface area contributed by atoms with Gasteiger partial charge < -0.3 is 14.8 Å². The van der Waals surface area contributed by atoms with Crippen LogP contribution in [-0.2, 0) is 11.3 Å². The highest BCUT2D eigenvalue weighted by Crippen LogP contribution is 2.32. The van der Waals surface area contributed by atoms with Crippen LogP contribution in [0.15, 0.2) is 53.8 Å². The lowest BCUT2D eigenvalue weighted by Crippen LogP contribution is -2.24. The van der Waals surface area contributed by atoms with Crippen LogP contribution in [0, 0.1) is 6.92 Å². The Morgan fingerprint density at radius 1 is 1.13 bits per heavy atom. The van der Waals surface area contributed by atoms with Crippen molar-refractivity contribution in [1.29, 1.82) is 0 Å². The van der Waals surface area contributed by atoms with Gasteiger partial charge in [-0.3, -0.25) is 4.79 Å². The predicted molar refractivity (Wildman–Crippen MR) is 114 cm³/mol. The number of amides is 1. The maximum absolute atomic E-state index is 12.3. The van der Waals surface area contributed by atoms with Crippen LogP contribution in [0.25, 0.3) is 16.9 Å². The molecule has 1 aliphatic rings. The lowest BCUT2D eigenvalue weighted by Gasteiger charge is -2.06. The van der Waals surface area contributed by atoms with Gasteiger partial charge in [0.1, 0.15) is 11.4 Å². The molecule has 1 amide bonds. The second kappa shape index (κ2) is 8.23. The van der Waals surface area contributed by atoms with E-state index >= 15 is 0 Å². The summed E-state index contributed by atoms with van der Waals surface area (Å²) >= 11 is 1.30. The summed E-state index contributed by atoms with van der Waals surface area (Å²) in [6.45, 7) is 2.65. The molecule has 0 atom stereocenters. The molecule has 9 nitrogen and oxygen atoms in total. The van der Waals surface area contributed by atoms with Gasteiger partial charge in [0.25, 0.3) is 0 Å². The van der Waals surface area contributed by atoms with E-state index in [1.165, 1.54) is 18.1 Å². The zero-order valence-corrected chi connectivity index (χ0v) is 17.4. The molecule has 0 unspecified atom stereocenters. The summed E-state index contributed by atoms with van der Waals surface area (Å²) in [7, 11) is 0. The first kappa shape index (κ1) is 19.3. The first-order valence-electron chi connectivity index (χ1n) is 9.59. The van der Waals surface area contributed by atoms with Gasteiger partial charge in [-0.2, -0.15) is 4.68 Å². The van der Waals surface area contributed by atoms with Crippen molar-refractivity contribution in [1.82, 2.24) is 30.3 Å². The molecule has 10 heteroatoms. The van der Waals surface area contributed by atoms with E-state index in [1.54, 1.807) is 4.68 Å². The van der Waals surface area contributed by atoms with Crippen molar-refractivity contribution >= 4 is 28.8 Å². The average molecular weight is 434 g/mol. The van der Waals surface area contributed by atoms with E-state index in [9.17, 15) is 4.79 Å². The fourth-order valence-electron chi connectivity index (χ4n) is 3.13. The van der Waals surface area contributed by atoms with Crippen molar-refractivity contribution in [3.05, 3.63) is 59.9 Å². The SMILES string of the molecule is Cc1ccc(-n2nnc3c(SCC(=O)NCc4ccc5c(c4)OCO5)ncnc32)cc1. The minimum atomic E-state index is -0.111. The van der Waals surface area contributed by atoms with E-state index in [0.29, 0.717) is 28.5 Å². The van der Waals surface area contributed by atoms with Gasteiger partial charge in [-0.15, -0.1) is 5.10 Å². The Kier molecular flexibility index (Phi) is 5.13. The Hall–Kier alpha value is -3.66. The molecule has 5 rings (SSSR count). The third-order valence-electron chi connectivity index (χ3n) is 4.75. The quantitative estimate of drug-likeness (QED) is 0.365. The van der Waals surface area contributed by atoms with Gasteiger partial charge in [-0.1, -0.05) is 40.7 Å². The number of hydrogen-bond donors (Lipinski definition) is 1. The van der Waals surface area contributed by atoms with E-state index in [-0.39, 0.29) is 18.5 Å². The zero-order chi connectivity index (χ0) is 21.2. The Balaban J connectivity index is 1.24. The van der Waals surface area contributed by atoms with Crippen LogP contribution in [-0.4, -0.2) is 43.4 Å². The summed E-state index contributed by atoms with van der Waals surface area (Å²) in [4.78, 5) is 21.0. The highest BCUT2D eigenvalue weighted by Gasteiger charge is 2.16. The van der Waals surface area contributed by atoms with Gasteiger partial charge >= 0.3 is 0 Å². The molecule has 0 bridgehead atoms. The minimum Gasteiger partial charge on any atom is -0.454 e. The van der Waals surface area contributed by atoms with E-state index in [0.717, 1.165) is 22.6 Å². The number of nitrogens with zero attached hydrogens (tertiary/aromatic N) is 5. The van der Waals surface area contributed by atoms with Crippen molar-refractivity contribution in [2.24, 2.45) is 0 Å². The minimum absolute atomic E-state index is 0.111. The highest BCUT2D eigenvalue weighted by atomic mass is 32.2. The molecular formula is C21H18N6O3S. The summed E-state index contributed by atoms with van der Waals surface area (Å²) in [5.41, 5.74) is 4.13. The molecule has 1 N–H and O–H groups in total. The largest absolute Gasteiger partial charge is 0.454 e. The van der Waals surface area contributed by atoms with Crippen LogP contribution in [0.1, 0.15) is 11.1 Å². The number of aromatic nitrogens is 5. The molecule has 31 heavy (non-hydrogen) atoms. The monoisotopic (exact) mass is 434 g/mol. The first-order valence-corrected chi connectivity index (χ1v) is 10.6. The number of fused-ring (bicyclic) bond motifs is 2. The van der Waals surface area contributed by atoms with E-state index in [4.69, 9.17) is 9.47 Å². The molecule has 0 saturated heterocycles. The van der Waals surface area contributed by atoms with Crippen LogP contribution < -0.4 is 14.8 Å². The Labute approximate surface area is 181 Å². The Morgan fingerprint density at radius 2 is 1.97 bits per heavy atom. The number of carbonyl (C=O) groups excluding carboxylic acids is 1. The smallest absolute Gasteiger partial charge is 0.231 e. The van der Waals surface area contributed by atoms with Gasteiger partial charge in [0, 0.05) is 6.54 Å². The zero-order valence-electron chi connectivity index (χ0n) is 16.6. The van der Waals surface area contributed by atoms with Crippen molar-refractivity contribution in [2.45, 2.75) is 18.5 Å². The molecule has 0 saturated carbocycles. The summed E-state index contributed by atoms with van der Waals surface area (Å²) in [6, 6.07) is 13.5. The number of rotatable bonds is 6. The first-order chi connectivity index (χ1) is 15.2. The molecule has 1 aliphatic heterocycles. The number of thioether (sulfide) groups is 1. The molecule has 0 fully saturated rings. The lowest BCUT2D eigenvalue weighted by molar-refractivity contribution is -0.118. The van der Waals surface area contributed by atoms with Gasteiger partial charge in [0.15, 0.2) is 22.7 Å². The Bertz CT molecular complexity index is 1260. The summed E-state index contributed by atoms with van der Waals surface area (Å²) in [6.07, 6.45) is 1.46. The van der Waals surface area contributed by atoms with Crippen molar-refractivity contribution in [3.8, 4) is 17.2 Å². The second-order valence-electron chi connectivity index (χ2n) is 6.94. The average Bonchev–Trinajstić information content (AvgIpc) is 3.43. The normalized spacial score (nSPS) is 12.3. The van der Waals surface area contributed by atoms with Crippen molar-refractivity contribution < 1.29 is 14.3 Å². The molecule has 2 aromatic carbocycles. The van der Waals surface area contributed by atoms with Crippen LogP contribution in [0.4, 0.5) is 0 Å². The molecule has 3 heterocycles. The van der Waals surface area contributed by atoms with Crippen LogP contribution in [0.3, 0.4) is 0 Å². The van der Waals surface area contributed by atoms with Crippen molar-refractivity contribution in [3.63, 3.8) is 0 Å². The maximum atomic E-state index is 12.3. The fourth-order valence-corrected chi connectivity index (χ4v) is 3.89. The number of benzene rings is 2. The molecule has 0 aliphatic carbocycles. The fraction of sp³-hybridized carbons (Fsp3) is 0.190. The lowest BCUT2D eigenvalue weighted by atomic mass is 10.2. The highest BCUT2D eigenvalue weighted by molar-refractivity contribution is 8.00. The topological polar surface area (TPSA) is 104 Å². The number of carbonyl (C=O) groups is 1. The number of nitrogens with one attached hydrogen (secondary N) is 1. The summed E-state index contributed by atoms with van der Waals surface area (Å²) in [5, 5.41) is 12.0. The van der Waals surface area contributed by atoms with Crippen molar-refractivity contribution in [2.75, 3.05) is 12.5 Å². The van der Waals surface area contributed by atoms with E-state index < -0.39 is 0 Å². The Morgan fingerprint density at radius 3 is 2.84 bits per heavy atom. The molecule has 156 valence electrons. The predicted octanol–water partition coefficient (Wildman–Crippen LogP) is 2.66. The van der Waals surface area contributed by atoms with Gasteiger partial charge in [-0.25, -0.2) is 9.97 Å². The third-order valence-corrected chi connectivity index (χ3v) is 5.73. The molecule has 4 aromatic rings. The summed E-state index contributed by atoms with van der Waals surface area (Å²) in [5.74, 6) is 1.51. The molecule has 0 spiro atoms.